The van der Waals surface area contributed by atoms with E-state index in [0.717, 1.165) is 24.6 Å². The summed E-state index contributed by atoms with van der Waals surface area (Å²) in [7, 11) is -4.43. The Bertz CT molecular complexity index is 1790. The predicted molar refractivity (Wildman–Crippen MR) is 132 cm³/mol. The van der Waals surface area contributed by atoms with Crippen molar-refractivity contribution in [1.29, 1.82) is 0 Å². The maximum atomic E-state index is 15.0. The largest absolute Gasteiger partial charge is 0.421 e. The van der Waals surface area contributed by atoms with Crippen LogP contribution in [0.1, 0.15) is 34.1 Å². The van der Waals surface area contributed by atoms with Crippen LogP contribution in [0.2, 0.25) is 5.02 Å². The number of hydrogen-bond donors (Lipinski definition) is 2. The minimum absolute atomic E-state index is 0.162. The van der Waals surface area contributed by atoms with E-state index in [1.165, 1.54) is 12.3 Å². The third kappa shape index (κ3) is 3.32. The van der Waals surface area contributed by atoms with Gasteiger partial charge in [0.2, 0.25) is 9.84 Å². The van der Waals surface area contributed by atoms with Crippen LogP contribution in [0, 0.1) is 22.6 Å². The van der Waals surface area contributed by atoms with Crippen molar-refractivity contribution in [3.63, 3.8) is 0 Å². The van der Waals surface area contributed by atoms with Gasteiger partial charge in [0.05, 0.1) is 42.8 Å². The first kappa shape index (κ1) is 24.5. The molecule has 1 aliphatic rings. The molecule has 1 fully saturated rings. The van der Waals surface area contributed by atoms with Gasteiger partial charge in [-0.05, 0) is 47.4 Å². The fraction of sp³-hybridized carbons (Fsp3) is 0.375. The van der Waals surface area contributed by atoms with Gasteiger partial charge in [0.1, 0.15) is 5.82 Å². The molecule has 2 aromatic carbocycles. The topological polar surface area (TPSA) is 127 Å². The number of fused-ring (bicyclic) bond motifs is 2. The lowest BCUT2D eigenvalue weighted by Gasteiger charge is -2.11. The molecule has 0 saturated heterocycles. The molecule has 2 aromatic heterocycles. The van der Waals surface area contributed by atoms with Crippen molar-refractivity contribution in [2.24, 2.45) is 16.7 Å². The van der Waals surface area contributed by atoms with Gasteiger partial charge in [0.15, 0.2) is 0 Å². The Morgan fingerprint density at radius 1 is 1.17 bits per heavy atom. The van der Waals surface area contributed by atoms with Gasteiger partial charge in [-0.15, -0.1) is 0 Å². The molecule has 190 valence electrons. The number of aryl methyl sites for hydroxylation is 1. The van der Waals surface area contributed by atoms with Crippen LogP contribution in [0.4, 0.5) is 4.39 Å². The van der Waals surface area contributed by atoms with Crippen molar-refractivity contribution in [2.75, 3.05) is 0 Å². The van der Waals surface area contributed by atoms with Gasteiger partial charge in [-0.25, -0.2) is 17.6 Å². The number of nitrogens with one attached hydrogen (secondary N) is 1. The van der Waals surface area contributed by atoms with Crippen molar-refractivity contribution < 1.29 is 18.0 Å². The third-order valence-electron chi connectivity index (χ3n) is 8.18. The lowest BCUT2D eigenvalue weighted by Crippen LogP contribution is -2.33. The zero-order valence-electron chi connectivity index (χ0n) is 20.0. The minimum atomic E-state index is -4.43. The molecule has 0 spiro atoms. The van der Waals surface area contributed by atoms with Crippen LogP contribution in [-0.2, 0) is 16.4 Å². The molecule has 0 amide bonds. The van der Waals surface area contributed by atoms with E-state index >= 15 is 4.39 Å². The molecule has 4 aromatic rings. The molecule has 2 heterocycles. The number of hydrogen-bond acceptors (Lipinski definition) is 6. The molecule has 0 bridgehead atoms. The maximum Gasteiger partial charge on any atom is 0.362 e. The molecular weight excluding hydrogens is 511 g/mol. The van der Waals surface area contributed by atoms with Gasteiger partial charge in [-0.3, -0.25) is 9.48 Å². The predicted octanol–water partition coefficient (Wildman–Crippen LogP) is 3.97. The number of sulfone groups is 1. The fourth-order valence-electron chi connectivity index (χ4n) is 5.35. The summed E-state index contributed by atoms with van der Waals surface area (Å²) >= 11 is 6.06. The molecule has 36 heavy (non-hydrogen) atoms. The third-order valence-corrected chi connectivity index (χ3v) is 10.3. The molecule has 1 saturated carbocycles. The second kappa shape index (κ2) is 7.66. The van der Waals surface area contributed by atoms with E-state index in [0.29, 0.717) is 18.0 Å². The molecule has 12 heteroatoms. The normalized spacial score (nSPS) is 17.2. The van der Waals surface area contributed by atoms with E-state index < -0.39 is 31.8 Å². The first-order chi connectivity index (χ1) is 16.7. The summed E-state index contributed by atoms with van der Waals surface area (Å²) in [6.07, 6.45) is 2.16. The number of nitrogens with zero attached hydrogens (tertiary/aromatic N) is 3. The maximum absolute atomic E-state index is 15.0. The number of aromatic nitrogens is 4. The van der Waals surface area contributed by atoms with E-state index in [-0.39, 0.29) is 41.8 Å². The molecule has 0 aliphatic heterocycles. The monoisotopic (exact) mass is 534 g/mol. The van der Waals surface area contributed by atoms with Crippen molar-refractivity contribution in [3.05, 3.63) is 62.1 Å². The Hall–Kier alpha value is -3.18. The fourth-order valence-corrected chi connectivity index (χ4v) is 7.04. The zero-order chi connectivity index (χ0) is 26.4. The summed E-state index contributed by atoms with van der Waals surface area (Å²) in [4.78, 5) is 25.7. The van der Waals surface area contributed by atoms with Gasteiger partial charge in [0, 0.05) is 6.54 Å². The van der Waals surface area contributed by atoms with E-state index in [4.69, 9.17) is 11.6 Å². The van der Waals surface area contributed by atoms with Gasteiger partial charge >= 0.3 is 5.69 Å². The highest BCUT2D eigenvalue weighted by Gasteiger charge is 2.63. The summed E-state index contributed by atoms with van der Waals surface area (Å²) in [6, 6.07) is 4.49. The summed E-state index contributed by atoms with van der Waals surface area (Å²) in [5.74, 6) is -0.331. The standard InChI is InChI=1S/C24H24ClFN4O5S/c1-23(2)18(24(23,3)4)7-8-29-16-10-12(9-15(26)13(16)11-27-29)36(34,35)17-6-5-14(25)19-20(17)28-22(32)30(33)21(19)31/h5-6,9-11,18,33H,7-8H2,1-4H3,(H,28,32). The minimum Gasteiger partial charge on any atom is -0.421 e. The molecule has 5 rings (SSSR count). The van der Waals surface area contributed by atoms with Crippen LogP contribution in [0.5, 0.6) is 0 Å². The summed E-state index contributed by atoms with van der Waals surface area (Å²) in [6.45, 7) is 9.30. The van der Waals surface area contributed by atoms with E-state index in [1.807, 2.05) is 0 Å². The Morgan fingerprint density at radius 3 is 2.47 bits per heavy atom. The SMILES string of the molecule is CC1(C)C(CCn2ncc3c(F)cc(S(=O)(=O)c4ccc(Cl)c5c(=O)n(O)c(=O)[nH]c45)cc32)C1(C)C. The second-order valence-corrected chi connectivity index (χ2v) is 12.7. The Labute approximate surface area is 210 Å². The number of rotatable bonds is 5. The first-order valence-corrected chi connectivity index (χ1v) is 13.1. The van der Waals surface area contributed by atoms with Gasteiger partial charge < -0.3 is 10.2 Å². The van der Waals surface area contributed by atoms with Crippen LogP contribution in [0.15, 0.2) is 49.8 Å². The van der Waals surface area contributed by atoms with Crippen LogP contribution < -0.4 is 11.2 Å². The smallest absolute Gasteiger partial charge is 0.362 e. The molecule has 0 unspecified atom stereocenters. The first-order valence-electron chi connectivity index (χ1n) is 11.3. The lowest BCUT2D eigenvalue weighted by molar-refractivity contribution is 0.162. The molecular formula is C24H24ClFN4O5S. The average molecular weight is 535 g/mol. The zero-order valence-corrected chi connectivity index (χ0v) is 21.5. The Morgan fingerprint density at radius 2 is 1.83 bits per heavy atom. The number of aromatic amines is 1. The number of H-pyrrole nitrogens is 1. The summed E-state index contributed by atoms with van der Waals surface area (Å²) < 4.78 is 43.7. The van der Waals surface area contributed by atoms with Crippen molar-refractivity contribution >= 4 is 43.2 Å². The Kier molecular flexibility index (Phi) is 5.21. The summed E-state index contributed by atoms with van der Waals surface area (Å²) in [5.41, 5.74) is -2.16. The highest BCUT2D eigenvalue weighted by atomic mass is 35.5. The van der Waals surface area contributed by atoms with Crippen LogP contribution in [0.25, 0.3) is 21.8 Å². The van der Waals surface area contributed by atoms with Gasteiger partial charge in [0.25, 0.3) is 5.56 Å². The van der Waals surface area contributed by atoms with Crippen molar-refractivity contribution in [3.8, 4) is 0 Å². The molecule has 1 aliphatic carbocycles. The highest BCUT2D eigenvalue weighted by molar-refractivity contribution is 7.91. The van der Waals surface area contributed by atoms with Gasteiger partial charge in [-0.1, -0.05) is 44.0 Å². The quantitative estimate of drug-likeness (QED) is 0.373. The van der Waals surface area contributed by atoms with Crippen LogP contribution >= 0.6 is 11.6 Å². The lowest BCUT2D eigenvalue weighted by atomic mass is 10.0. The van der Waals surface area contributed by atoms with Crippen LogP contribution in [-0.4, -0.2) is 33.1 Å². The van der Waals surface area contributed by atoms with E-state index in [1.54, 1.807) is 4.68 Å². The molecule has 0 radical (unpaired) electrons. The average Bonchev–Trinajstić information content (AvgIpc) is 3.06. The van der Waals surface area contributed by atoms with E-state index in [9.17, 15) is 23.2 Å². The Balaban J connectivity index is 1.63. The molecule has 9 nitrogen and oxygen atoms in total. The molecule has 2 N–H and O–H groups in total. The number of benzene rings is 2. The van der Waals surface area contributed by atoms with Crippen molar-refractivity contribution in [2.45, 2.75) is 50.5 Å². The summed E-state index contributed by atoms with van der Waals surface area (Å²) in [5, 5.41) is 13.6. The van der Waals surface area contributed by atoms with Gasteiger partial charge in [-0.2, -0.15) is 5.10 Å². The van der Waals surface area contributed by atoms with E-state index in [2.05, 4.69) is 37.8 Å². The molecule has 0 atom stereocenters. The second-order valence-electron chi connectivity index (χ2n) is 10.3. The van der Waals surface area contributed by atoms with Crippen LogP contribution in [0.3, 0.4) is 0 Å². The van der Waals surface area contributed by atoms with Crippen molar-refractivity contribution in [1.82, 2.24) is 19.5 Å². The highest BCUT2D eigenvalue weighted by Crippen LogP contribution is 2.69. The number of halogens is 2.